The third-order valence-corrected chi connectivity index (χ3v) is 1.64. The molecule has 16 heavy (non-hydrogen) atoms. The number of halogens is 3. The van der Waals surface area contributed by atoms with E-state index in [1.54, 1.807) is 6.92 Å². The van der Waals surface area contributed by atoms with Gasteiger partial charge in [0.15, 0.2) is 0 Å². The number of alkyl halides is 3. The Morgan fingerprint density at radius 3 is 2.56 bits per heavy atom. The molecule has 0 saturated heterocycles. The van der Waals surface area contributed by atoms with Crippen LogP contribution >= 0.6 is 0 Å². The van der Waals surface area contributed by atoms with E-state index >= 15 is 0 Å². The lowest BCUT2D eigenvalue weighted by molar-refractivity contribution is -0.147. The summed E-state index contributed by atoms with van der Waals surface area (Å²) in [6.07, 6.45) is -5.21. The first-order chi connectivity index (χ1) is 7.37. The summed E-state index contributed by atoms with van der Waals surface area (Å²) in [4.78, 5) is 11.0. The van der Waals surface area contributed by atoms with Crippen LogP contribution < -0.4 is 5.73 Å². The number of carbonyl (C=O) groups is 1. The van der Waals surface area contributed by atoms with Gasteiger partial charge in [-0.25, -0.2) is 0 Å². The van der Waals surface area contributed by atoms with Crippen LogP contribution in [0.15, 0.2) is 0 Å². The van der Waals surface area contributed by atoms with Crippen LogP contribution in [0.3, 0.4) is 0 Å². The second-order valence-corrected chi connectivity index (χ2v) is 3.15. The zero-order chi connectivity index (χ0) is 12.6. The second-order valence-electron chi connectivity index (χ2n) is 3.15. The van der Waals surface area contributed by atoms with Crippen LogP contribution in [-0.4, -0.2) is 38.0 Å². The van der Waals surface area contributed by atoms with Crippen molar-refractivity contribution in [3.05, 3.63) is 0 Å². The highest BCUT2D eigenvalue weighted by molar-refractivity contribution is 5.75. The molecule has 4 nitrogen and oxygen atoms in total. The van der Waals surface area contributed by atoms with Crippen molar-refractivity contribution in [3.8, 4) is 0 Å². The number of hydrogen-bond donors (Lipinski definition) is 1. The van der Waals surface area contributed by atoms with Gasteiger partial charge in [-0.15, -0.1) is 0 Å². The van der Waals surface area contributed by atoms with E-state index in [1.165, 1.54) is 0 Å². The molecule has 1 atom stereocenters. The molecule has 1 unspecified atom stereocenters. The Hall–Kier alpha value is -0.820. The van der Waals surface area contributed by atoms with Gasteiger partial charge in [0, 0.05) is 13.0 Å². The van der Waals surface area contributed by atoms with Gasteiger partial charge in [-0.2, -0.15) is 13.2 Å². The van der Waals surface area contributed by atoms with Crippen molar-refractivity contribution in [2.45, 2.75) is 32.0 Å². The summed E-state index contributed by atoms with van der Waals surface area (Å²) < 4.78 is 44.6. The summed E-state index contributed by atoms with van der Waals surface area (Å²) in [7, 11) is 0. The van der Waals surface area contributed by atoms with E-state index in [0.717, 1.165) is 0 Å². The maximum absolute atomic E-state index is 11.7. The summed E-state index contributed by atoms with van der Waals surface area (Å²) >= 11 is 0. The van der Waals surface area contributed by atoms with Crippen molar-refractivity contribution in [2.24, 2.45) is 5.73 Å². The van der Waals surface area contributed by atoms with Crippen molar-refractivity contribution in [1.29, 1.82) is 0 Å². The van der Waals surface area contributed by atoms with E-state index in [-0.39, 0.29) is 26.2 Å². The van der Waals surface area contributed by atoms with Crippen LogP contribution in [0.25, 0.3) is 0 Å². The molecule has 0 fully saturated rings. The molecule has 0 aromatic rings. The lowest BCUT2D eigenvalue weighted by Crippen LogP contribution is -2.36. The predicted molar refractivity (Wildman–Crippen MR) is 50.7 cm³/mol. The summed E-state index contributed by atoms with van der Waals surface area (Å²) in [5.74, 6) is -0.613. The molecule has 0 rings (SSSR count). The average Bonchev–Trinajstić information content (AvgIpc) is 2.15. The van der Waals surface area contributed by atoms with Crippen molar-refractivity contribution < 1.29 is 27.4 Å². The van der Waals surface area contributed by atoms with Gasteiger partial charge in [0.25, 0.3) is 0 Å². The molecule has 0 aromatic heterocycles. The molecular weight excluding hydrogens is 227 g/mol. The molecule has 0 spiro atoms. The van der Waals surface area contributed by atoms with E-state index in [0.29, 0.717) is 0 Å². The fourth-order valence-electron chi connectivity index (χ4n) is 0.902. The number of ether oxygens (including phenoxy) is 2. The lowest BCUT2D eigenvalue weighted by atomic mass is 10.3. The average molecular weight is 243 g/mol. The van der Waals surface area contributed by atoms with Crippen molar-refractivity contribution in [1.82, 2.24) is 0 Å². The van der Waals surface area contributed by atoms with Crippen LogP contribution in [0.5, 0.6) is 0 Å². The fraction of sp³-hybridized carbons (Fsp3) is 0.889. The minimum Gasteiger partial charge on any atom is -0.465 e. The van der Waals surface area contributed by atoms with Gasteiger partial charge in [0.1, 0.15) is 6.04 Å². The maximum Gasteiger partial charge on any atom is 0.389 e. The van der Waals surface area contributed by atoms with Crippen LogP contribution in [0.1, 0.15) is 19.8 Å². The predicted octanol–water partition coefficient (Wildman–Crippen LogP) is 1.24. The molecule has 2 N–H and O–H groups in total. The van der Waals surface area contributed by atoms with Crippen LogP contribution in [0, 0.1) is 0 Å². The first kappa shape index (κ1) is 15.2. The summed E-state index contributed by atoms with van der Waals surface area (Å²) in [6.45, 7) is 1.64. The molecule has 0 aliphatic rings. The SMILES string of the molecule is CCOC(=O)C(N)COCCCC(F)(F)F. The maximum atomic E-state index is 11.7. The molecule has 0 amide bonds. The zero-order valence-corrected chi connectivity index (χ0v) is 9.05. The van der Waals surface area contributed by atoms with E-state index in [2.05, 4.69) is 4.74 Å². The van der Waals surface area contributed by atoms with Crippen molar-refractivity contribution in [2.75, 3.05) is 19.8 Å². The summed E-state index contributed by atoms with van der Waals surface area (Å²) in [6, 6.07) is -0.939. The van der Waals surface area contributed by atoms with Crippen LogP contribution in [0.2, 0.25) is 0 Å². The molecule has 7 heteroatoms. The van der Waals surface area contributed by atoms with Crippen molar-refractivity contribution in [3.63, 3.8) is 0 Å². The molecule has 0 saturated carbocycles. The largest absolute Gasteiger partial charge is 0.465 e. The van der Waals surface area contributed by atoms with Gasteiger partial charge in [-0.1, -0.05) is 0 Å². The number of hydrogen-bond acceptors (Lipinski definition) is 4. The van der Waals surface area contributed by atoms with Gasteiger partial charge in [-0.3, -0.25) is 4.79 Å². The zero-order valence-electron chi connectivity index (χ0n) is 9.05. The minimum atomic E-state index is -4.17. The van der Waals surface area contributed by atoms with Gasteiger partial charge < -0.3 is 15.2 Å². The first-order valence-electron chi connectivity index (χ1n) is 4.93. The topological polar surface area (TPSA) is 61.5 Å². The van der Waals surface area contributed by atoms with Gasteiger partial charge in [0.2, 0.25) is 0 Å². The fourth-order valence-corrected chi connectivity index (χ4v) is 0.902. The Kier molecular flexibility index (Phi) is 7.07. The highest BCUT2D eigenvalue weighted by Crippen LogP contribution is 2.20. The van der Waals surface area contributed by atoms with Crippen molar-refractivity contribution >= 4 is 5.97 Å². The molecule has 0 aromatic carbocycles. The van der Waals surface area contributed by atoms with Gasteiger partial charge in [0.05, 0.1) is 13.2 Å². The van der Waals surface area contributed by atoms with Gasteiger partial charge in [-0.05, 0) is 13.3 Å². The minimum absolute atomic E-state index is 0.0768. The first-order valence-corrected chi connectivity index (χ1v) is 4.93. The molecule has 96 valence electrons. The lowest BCUT2D eigenvalue weighted by Gasteiger charge is -2.11. The Morgan fingerprint density at radius 1 is 1.44 bits per heavy atom. The number of nitrogens with two attached hydrogens (primary N) is 1. The number of carbonyl (C=O) groups excluding carboxylic acids is 1. The standard InChI is InChI=1S/C9H16F3NO3/c1-2-16-8(14)7(13)6-15-5-3-4-9(10,11)12/h7H,2-6,13H2,1H3. The molecule has 0 heterocycles. The third kappa shape index (κ3) is 8.49. The van der Waals surface area contributed by atoms with Crippen LogP contribution in [-0.2, 0) is 14.3 Å². The number of rotatable bonds is 7. The normalized spacial score (nSPS) is 13.6. The quantitative estimate of drug-likeness (QED) is 0.539. The monoisotopic (exact) mass is 243 g/mol. The molecule has 0 radical (unpaired) electrons. The molecule has 0 aliphatic carbocycles. The van der Waals surface area contributed by atoms with E-state index in [9.17, 15) is 18.0 Å². The van der Waals surface area contributed by atoms with Crippen LogP contribution in [0.4, 0.5) is 13.2 Å². The highest BCUT2D eigenvalue weighted by atomic mass is 19.4. The second kappa shape index (κ2) is 7.45. The number of esters is 1. The highest BCUT2D eigenvalue weighted by Gasteiger charge is 2.26. The smallest absolute Gasteiger partial charge is 0.389 e. The van der Waals surface area contributed by atoms with E-state index < -0.39 is 24.6 Å². The molecule has 0 bridgehead atoms. The Labute approximate surface area is 91.9 Å². The van der Waals surface area contributed by atoms with Gasteiger partial charge >= 0.3 is 12.1 Å². The summed E-state index contributed by atoms with van der Waals surface area (Å²) in [5.41, 5.74) is 5.35. The molecule has 0 aliphatic heterocycles. The summed E-state index contributed by atoms with van der Waals surface area (Å²) in [5, 5.41) is 0. The molecular formula is C9H16F3NO3. The van der Waals surface area contributed by atoms with E-state index in [1.807, 2.05) is 0 Å². The Bertz CT molecular complexity index is 209. The Balaban J connectivity index is 3.48. The third-order valence-electron chi connectivity index (χ3n) is 1.64. The Morgan fingerprint density at radius 2 is 2.06 bits per heavy atom. The van der Waals surface area contributed by atoms with E-state index in [4.69, 9.17) is 10.5 Å².